The summed E-state index contributed by atoms with van der Waals surface area (Å²) in [6, 6.07) is 6.04. The zero-order valence-corrected chi connectivity index (χ0v) is 11.3. The highest BCUT2D eigenvalue weighted by Gasteiger charge is 2.38. The van der Waals surface area contributed by atoms with Crippen molar-refractivity contribution < 1.29 is 19.4 Å². The van der Waals surface area contributed by atoms with Crippen molar-refractivity contribution in [2.45, 2.75) is 38.4 Å². The molecule has 3 rings (SSSR count). The molecule has 1 aromatic carbocycles. The molecule has 1 aromatic rings. The monoisotopic (exact) mass is 275 g/mol. The molecule has 20 heavy (non-hydrogen) atoms. The number of ether oxygens (including phenoxy) is 1. The van der Waals surface area contributed by atoms with Crippen LogP contribution >= 0.6 is 0 Å². The van der Waals surface area contributed by atoms with E-state index >= 15 is 0 Å². The Kier molecular flexibility index (Phi) is 3.22. The number of carbonyl (C=O) groups is 2. The molecule has 0 saturated carbocycles. The van der Waals surface area contributed by atoms with Crippen molar-refractivity contribution in [2.24, 2.45) is 0 Å². The van der Waals surface area contributed by atoms with Crippen LogP contribution in [0.2, 0.25) is 0 Å². The molecule has 0 spiro atoms. The Morgan fingerprint density at radius 3 is 2.75 bits per heavy atom. The molecule has 106 valence electrons. The minimum Gasteiger partial charge on any atom is -0.479 e. The van der Waals surface area contributed by atoms with Gasteiger partial charge in [0.2, 0.25) is 0 Å². The highest BCUT2D eigenvalue weighted by Crippen LogP contribution is 2.31. The maximum atomic E-state index is 12.5. The summed E-state index contributed by atoms with van der Waals surface area (Å²) >= 11 is 0. The Morgan fingerprint density at radius 2 is 2.05 bits per heavy atom. The molecule has 0 radical (unpaired) electrons. The van der Waals surface area contributed by atoms with Gasteiger partial charge >= 0.3 is 5.97 Å². The molecule has 2 heterocycles. The molecular formula is C15H17NO4. The number of carboxylic acids is 1. The van der Waals surface area contributed by atoms with Gasteiger partial charge in [-0.15, -0.1) is 0 Å². The first-order chi connectivity index (χ1) is 9.56. The van der Waals surface area contributed by atoms with E-state index in [4.69, 9.17) is 9.84 Å². The third kappa shape index (κ3) is 2.18. The number of carboxylic acid groups (broad SMARTS) is 1. The lowest BCUT2D eigenvalue weighted by Crippen LogP contribution is -2.38. The Morgan fingerprint density at radius 1 is 1.30 bits per heavy atom. The van der Waals surface area contributed by atoms with E-state index in [1.54, 1.807) is 4.90 Å². The van der Waals surface area contributed by atoms with Crippen molar-refractivity contribution in [2.75, 3.05) is 11.4 Å². The van der Waals surface area contributed by atoms with Crippen molar-refractivity contribution in [1.82, 2.24) is 0 Å². The van der Waals surface area contributed by atoms with Crippen molar-refractivity contribution >= 4 is 17.6 Å². The predicted octanol–water partition coefficient (Wildman–Crippen LogP) is 1.52. The summed E-state index contributed by atoms with van der Waals surface area (Å²) in [4.78, 5) is 25.1. The molecule has 5 nitrogen and oxygen atoms in total. The van der Waals surface area contributed by atoms with Gasteiger partial charge < -0.3 is 14.7 Å². The average molecular weight is 275 g/mol. The van der Waals surface area contributed by atoms with Gasteiger partial charge in [-0.2, -0.15) is 0 Å². The highest BCUT2D eigenvalue weighted by atomic mass is 16.5. The Hall–Kier alpha value is -1.88. The summed E-state index contributed by atoms with van der Waals surface area (Å²) in [6.07, 6.45) is 0.262. The van der Waals surface area contributed by atoms with E-state index in [1.807, 2.05) is 19.1 Å². The van der Waals surface area contributed by atoms with Gasteiger partial charge in [0, 0.05) is 12.2 Å². The van der Waals surface area contributed by atoms with E-state index in [0.29, 0.717) is 19.4 Å². The fourth-order valence-corrected chi connectivity index (χ4v) is 2.93. The summed E-state index contributed by atoms with van der Waals surface area (Å²) in [7, 11) is 0. The molecular weight excluding hydrogens is 258 g/mol. The van der Waals surface area contributed by atoms with Crippen molar-refractivity contribution in [1.29, 1.82) is 0 Å². The van der Waals surface area contributed by atoms with Crippen LogP contribution in [0.3, 0.4) is 0 Å². The third-order valence-electron chi connectivity index (χ3n) is 3.97. The lowest BCUT2D eigenvalue weighted by Gasteiger charge is -2.21. The van der Waals surface area contributed by atoms with Crippen LogP contribution in [-0.4, -0.2) is 35.7 Å². The third-order valence-corrected chi connectivity index (χ3v) is 3.97. The summed E-state index contributed by atoms with van der Waals surface area (Å²) in [5, 5.41) is 8.92. The number of aryl methyl sites for hydroxylation is 1. The van der Waals surface area contributed by atoms with Crippen LogP contribution in [0.15, 0.2) is 18.2 Å². The quantitative estimate of drug-likeness (QED) is 0.888. The first-order valence-corrected chi connectivity index (χ1v) is 6.85. The van der Waals surface area contributed by atoms with Crippen LogP contribution in [0, 0.1) is 6.92 Å². The topological polar surface area (TPSA) is 66.8 Å². The number of carbonyl (C=O) groups excluding carboxylic acids is 1. The van der Waals surface area contributed by atoms with Gasteiger partial charge in [-0.05, 0) is 37.8 Å². The van der Waals surface area contributed by atoms with E-state index in [2.05, 4.69) is 6.07 Å². The second-order valence-corrected chi connectivity index (χ2v) is 5.40. The fourth-order valence-electron chi connectivity index (χ4n) is 2.93. The lowest BCUT2D eigenvalue weighted by molar-refractivity contribution is -0.151. The van der Waals surface area contributed by atoms with Gasteiger partial charge in [0.05, 0.1) is 0 Å². The largest absolute Gasteiger partial charge is 0.479 e. The summed E-state index contributed by atoms with van der Waals surface area (Å²) in [6.45, 7) is 2.68. The number of rotatable bonds is 2. The minimum absolute atomic E-state index is 0.114. The summed E-state index contributed by atoms with van der Waals surface area (Å²) in [5.74, 6) is -1.10. The van der Waals surface area contributed by atoms with E-state index in [9.17, 15) is 9.59 Å². The summed E-state index contributed by atoms with van der Waals surface area (Å²) in [5.41, 5.74) is 3.29. The van der Waals surface area contributed by atoms with Gasteiger partial charge in [0.15, 0.2) is 6.10 Å². The molecule has 2 aliphatic rings. The van der Waals surface area contributed by atoms with Gasteiger partial charge in [-0.1, -0.05) is 17.7 Å². The minimum atomic E-state index is -0.988. The maximum Gasteiger partial charge on any atom is 0.332 e. The zero-order valence-electron chi connectivity index (χ0n) is 11.3. The van der Waals surface area contributed by atoms with Crippen molar-refractivity contribution in [3.05, 3.63) is 29.3 Å². The number of nitrogens with zero attached hydrogens (tertiary/aromatic N) is 1. The number of aliphatic carboxylic acids is 1. The van der Waals surface area contributed by atoms with Gasteiger partial charge in [0.1, 0.15) is 6.10 Å². The number of benzene rings is 1. The fraction of sp³-hybridized carbons (Fsp3) is 0.467. The molecule has 1 amide bonds. The van der Waals surface area contributed by atoms with Crippen molar-refractivity contribution in [3.63, 3.8) is 0 Å². The van der Waals surface area contributed by atoms with E-state index in [1.165, 1.54) is 11.1 Å². The number of hydrogen-bond acceptors (Lipinski definition) is 3. The zero-order chi connectivity index (χ0) is 14.3. The summed E-state index contributed by atoms with van der Waals surface area (Å²) < 4.78 is 5.35. The van der Waals surface area contributed by atoms with Crippen LogP contribution in [0.25, 0.3) is 0 Å². The van der Waals surface area contributed by atoms with Crippen LogP contribution < -0.4 is 4.90 Å². The first-order valence-electron chi connectivity index (χ1n) is 6.85. The van der Waals surface area contributed by atoms with Crippen LogP contribution in [-0.2, 0) is 20.7 Å². The van der Waals surface area contributed by atoms with E-state index < -0.39 is 18.2 Å². The van der Waals surface area contributed by atoms with E-state index in [0.717, 1.165) is 12.1 Å². The van der Waals surface area contributed by atoms with Crippen LogP contribution in [0.1, 0.15) is 24.0 Å². The first kappa shape index (κ1) is 13.1. The van der Waals surface area contributed by atoms with E-state index in [-0.39, 0.29) is 5.91 Å². The molecule has 2 atom stereocenters. The molecule has 0 unspecified atom stereocenters. The Labute approximate surface area is 117 Å². The molecule has 2 aliphatic heterocycles. The predicted molar refractivity (Wildman–Crippen MR) is 72.8 cm³/mol. The molecule has 1 fully saturated rings. The molecule has 1 saturated heterocycles. The molecule has 0 aliphatic carbocycles. The normalized spacial score (nSPS) is 24.8. The second kappa shape index (κ2) is 4.90. The SMILES string of the molecule is Cc1ccc2c(c1)CCN2C(=O)[C@@H]1CC[C@H](C(=O)O)O1. The smallest absolute Gasteiger partial charge is 0.332 e. The second-order valence-electron chi connectivity index (χ2n) is 5.40. The number of fused-ring (bicyclic) bond motifs is 1. The number of hydrogen-bond donors (Lipinski definition) is 1. The average Bonchev–Trinajstić information content (AvgIpc) is 3.04. The Balaban J connectivity index is 1.76. The maximum absolute atomic E-state index is 12.5. The van der Waals surface area contributed by atoms with Crippen LogP contribution in [0.5, 0.6) is 0 Å². The highest BCUT2D eigenvalue weighted by molar-refractivity contribution is 5.98. The van der Waals surface area contributed by atoms with Gasteiger partial charge in [0.25, 0.3) is 5.91 Å². The molecule has 0 bridgehead atoms. The lowest BCUT2D eigenvalue weighted by atomic mass is 10.1. The van der Waals surface area contributed by atoms with Crippen LogP contribution in [0.4, 0.5) is 5.69 Å². The number of amides is 1. The molecule has 5 heteroatoms. The number of anilines is 1. The molecule has 0 aromatic heterocycles. The van der Waals surface area contributed by atoms with Crippen molar-refractivity contribution in [3.8, 4) is 0 Å². The van der Waals surface area contributed by atoms with Gasteiger partial charge in [-0.25, -0.2) is 4.79 Å². The Bertz CT molecular complexity index is 569. The standard InChI is InChI=1S/C15H17NO4/c1-9-2-3-11-10(8-9)6-7-16(11)14(17)12-4-5-13(20-12)15(18)19/h2-3,8,12-13H,4-7H2,1H3,(H,18,19)/t12-,13+/m0/s1. The molecule has 1 N–H and O–H groups in total. The van der Waals surface area contributed by atoms with Gasteiger partial charge in [-0.3, -0.25) is 4.79 Å².